The zero-order chi connectivity index (χ0) is 20.3. The fourth-order valence-electron chi connectivity index (χ4n) is 4.10. The van der Waals surface area contributed by atoms with Gasteiger partial charge in [0.2, 0.25) is 5.91 Å². The molecule has 2 aromatic heterocycles. The van der Waals surface area contributed by atoms with Crippen LogP contribution in [0.2, 0.25) is 0 Å². The lowest BCUT2D eigenvalue weighted by atomic mass is 9.96. The first-order chi connectivity index (χ1) is 14.8. The molecule has 1 amide bonds. The highest BCUT2D eigenvalue weighted by atomic mass is 16.3. The molecule has 0 radical (unpaired) electrons. The molecule has 0 aliphatic carbocycles. The number of para-hydroxylation sites is 2. The summed E-state index contributed by atoms with van der Waals surface area (Å²) in [5, 5.41) is 11.5. The van der Waals surface area contributed by atoms with E-state index in [1.807, 2.05) is 59.5 Å². The molecule has 1 aliphatic rings. The Bertz CT molecular complexity index is 1090. The molecule has 2 atom stereocenters. The van der Waals surface area contributed by atoms with E-state index in [9.17, 15) is 4.79 Å². The average molecular weight is 402 g/mol. The highest BCUT2D eigenvalue weighted by Crippen LogP contribution is 2.30. The van der Waals surface area contributed by atoms with Crippen molar-refractivity contribution in [1.82, 2.24) is 30.1 Å². The van der Waals surface area contributed by atoms with Gasteiger partial charge in [-0.25, -0.2) is 9.67 Å². The second-order valence-electron chi connectivity index (χ2n) is 7.64. The Hall–Kier alpha value is -3.55. The Balaban J connectivity index is 1.37. The van der Waals surface area contributed by atoms with E-state index in [1.165, 1.54) is 6.33 Å². The van der Waals surface area contributed by atoms with Crippen molar-refractivity contribution in [3.63, 3.8) is 0 Å². The van der Waals surface area contributed by atoms with E-state index in [1.54, 1.807) is 4.68 Å². The van der Waals surface area contributed by atoms with Gasteiger partial charge in [-0.2, -0.15) is 0 Å². The summed E-state index contributed by atoms with van der Waals surface area (Å²) in [7, 11) is 0. The molecule has 0 N–H and O–H groups in total. The van der Waals surface area contributed by atoms with Crippen molar-refractivity contribution in [1.29, 1.82) is 0 Å². The van der Waals surface area contributed by atoms with E-state index in [-0.39, 0.29) is 11.8 Å². The molecule has 0 spiro atoms. The van der Waals surface area contributed by atoms with Crippen molar-refractivity contribution in [2.24, 2.45) is 0 Å². The van der Waals surface area contributed by atoms with Crippen molar-refractivity contribution in [3.05, 3.63) is 72.4 Å². The maximum atomic E-state index is 13.5. The Labute approximate surface area is 173 Å². The number of hydrogen-bond acceptors (Lipinski definition) is 6. The normalized spacial score (nSPS) is 17.9. The largest absolute Gasteiger partial charge is 0.440 e. The predicted molar refractivity (Wildman–Crippen MR) is 110 cm³/mol. The maximum absolute atomic E-state index is 13.5. The van der Waals surface area contributed by atoms with Gasteiger partial charge in [-0.15, -0.1) is 5.10 Å². The number of fused-ring (bicyclic) bond motifs is 1. The highest BCUT2D eigenvalue weighted by molar-refractivity contribution is 5.81. The number of rotatable bonds is 5. The number of carbonyl (C=O) groups is 1. The number of likely N-dealkylation sites (tertiary alicyclic amines) is 1. The predicted octanol–water partition coefficient (Wildman–Crippen LogP) is 3.00. The molecule has 30 heavy (non-hydrogen) atoms. The Morgan fingerprint density at radius 1 is 1.13 bits per heavy atom. The lowest BCUT2D eigenvalue weighted by Gasteiger charge is -2.33. The van der Waals surface area contributed by atoms with Gasteiger partial charge in [0.15, 0.2) is 11.5 Å². The Morgan fingerprint density at radius 2 is 1.97 bits per heavy atom. The molecule has 0 saturated carbocycles. The smallest absolute Gasteiger partial charge is 0.247 e. The molecule has 8 nitrogen and oxygen atoms in total. The van der Waals surface area contributed by atoms with E-state index in [4.69, 9.17) is 4.42 Å². The summed E-state index contributed by atoms with van der Waals surface area (Å²) in [6.07, 6.45) is 3.90. The summed E-state index contributed by atoms with van der Waals surface area (Å²) < 4.78 is 7.53. The van der Waals surface area contributed by atoms with Crippen molar-refractivity contribution in [2.45, 2.75) is 31.2 Å². The molecular formula is C22H22N6O2. The summed E-state index contributed by atoms with van der Waals surface area (Å²) in [5.41, 5.74) is 2.71. The number of hydrogen-bond donors (Lipinski definition) is 0. The van der Waals surface area contributed by atoms with Gasteiger partial charge in [-0.05, 0) is 41.0 Å². The minimum atomic E-state index is -0.482. The summed E-state index contributed by atoms with van der Waals surface area (Å²) >= 11 is 0. The molecule has 1 saturated heterocycles. The second-order valence-corrected chi connectivity index (χ2v) is 7.64. The number of piperidine rings is 1. The first-order valence-electron chi connectivity index (χ1n) is 10.2. The summed E-state index contributed by atoms with van der Waals surface area (Å²) in [6.45, 7) is 1.29. The number of amides is 1. The minimum Gasteiger partial charge on any atom is -0.440 e. The van der Waals surface area contributed by atoms with Gasteiger partial charge in [0, 0.05) is 19.5 Å². The van der Waals surface area contributed by atoms with Crippen LogP contribution in [0.15, 0.2) is 65.3 Å². The van der Waals surface area contributed by atoms with E-state index in [2.05, 4.69) is 20.5 Å². The van der Waals surface area contributed by atoms with Crippen LogP contribution in [0.3, 0.4) is 0 Å². The zero-order valence-electron chi connectivity index (χ0n) is 16.5. The molecule has 1 aliphatic heterocycles. The molecule has 3 heterocycles. The quantitative estimate of drug-likeness (QED) is 0.510. The van der Waals surface area contributed by atoms with E-state index in [0.29, 0.717) is 25.4 Å². The molecule has 1 fully saturated rings. The third-order valence-corrected chi connectivity index (χ3v) is 5.63. The molecule has 5 rings (SSSR count). The van der Waals surface area contributed by atoms with Gasteiger partial charge in [-0.3, -0.25) is 4.79 Å². The molecule has 152 valence electrons. The fourth-order valence-corrected chi connectivity index (χ4v) is 4.10. The molecule has 2 aromatic carbocycles. The number of aromatic nitrogens is 5. The second kappa shape index (κ2) is 8.06. The molecule has 0 unspecified atom stereocenters. The summed E-state index contributed by atoms with van der Waals surface area (Å²) in [4.78, 5) is 20.1. The van der Waals surface area contributed by atoms with Crippen LogP contribution in [0.25, 0.3) is 11.1 Å². The van der Waals surface area contributed by atoms with Crippen LogP contribution >= 0.6 is 0 Å². The SMILES string of the molecule is O=C([C@@H](Cc1ccccc1)n1cnnn1)N1CCC[C@@H](c2nc3ccccc3o2)C1. The Kier molecular flexibility index (Phi) is 4.96. The van der Waals surface area contributed by atoms with E-state index in [0.717, 1.165) is 29.5 Å². The zero-order valence-corrected chi connectivity index (χ0v) is 16.5. The van der Waals surface area contributed by atoms with Crippen LogP contribution < -0.4 is 0 Å². The number of tetrazole rings is 1. The van der Waals surface area contributed by atoms with E-state index >= 15 is 0 Å². The van der Waals surface area contributed by atoms with Crippen molar-refractivity contribution in [2.75, 3.05) is 13.1 Å². The van der Waals surface area contributed by atoms with Crippen LogP contribution in [-0.4, -0.2) is 49.1 Å². The highest BCUT2D eigenvalue weighted by Gasteiger charge is 2.33. The van der Waals surface area contributed by atoms with Crippen LogP contribution in [0.1, 0.15) is 36.3 Å². The van der Waals surface area contributed by atoms with Crippen molar-refractivity contribution in [3.8, 4) is 0 Å². The molecule has 8 heteroatoms. The molecular weight excluding hydrogens is 380 g/mol. The fraction of sp³-hybridized carbons (Fsp3) is 0.318. The number of oxazole rings is 1. The molecule has 4 aromatic rings. The van der Waals surface area contributed by atoms with Crippen LogP contribution in [0.5, 0.6) is 0 Å². The minimum absolute atomic E-state index is 0.0203. The Morgan fingerprint density at radius 3 is 2.77 bits per heavy atom. The maximum Gasteiger partial charge on any atom is 0.247 e. The first kappa shape index (κ1) is 18.5. The van der Waals surface area contributed by atoms with Crippen LogP contribution in [-0.2, 0) is 11.2 Å². The standard InChI is InChI=1S/C22H22N6O2/c29-22(19(28-15-23-25-26-28)13-16-7-2-1-3-8-16)27-12-6-9-17(14-27)21-24-18-10-4-5-11-20(18)30-21/h1-5,7-8,10-11,15,17,19H,6,9,12-14H2/t17-,19-/m1/s1. The molecule has 0 bridgehead atoms. The third kappa shape index (κ3) is 3.68. The monoisotopic (exact) mass is 402 g/mol. The number of benzene rings is 2. The first-order valence-corrected chi connectivity index (χ1v) is 10.2. The van der Waals surface area contributed by atoms with Gasteiger partial charge >= 0.3 is 0 Å². The van der Waals surface area contributed by atoms with Gasteiger partial charge in [-0.1, -0.05) is 42.5 Å². The van der Waals surface area contributed by atoms with Gasteiger partial charge in [0.1, 0.15) is 17.9 Å². The lowest BCUT2D eigenvalue weighted by molar-refractivity contribution is -0.136. The topological polar surface area (TPSA) is 89.9 Å². The van der Waals surface area contributed by atoms with Gasteiger partial charge in [0.05, 0.1) is 5.92 Å². The number of carbonyl (C=O) groups excluding carboxylic acids is 1. The third-order valence-electron chi connectivity index (χ3n) is 5.63. The van der Waals surface area contributed by atoms with Crippen LogP contribution in [0, 0.1) is 0 Å². The van der Waals surface area contributed by atoms with E-state index < -0.39 is 6.04 Å². The van der Waals surface area contributed by atoms with Crippen LogP contribution in [0.4, 0.5) is 0 Å². The lowest BCUT2D eigenvalue weighted by Crippen LogP contribution is -2.43. The average Bonchev–Trinajstić information content (AvgIpc) is 3.48. The van der Waals surface area contributed by atoms with Gasteiger partial charge < -0.3 is 9.32 Å². The number of nitrogens with zero attached hydrogens (tertiary/aromatic N) is 6. The summed E-state index contributed by atoms with van der Waals surface area (Å²) in [6, 6.07) is 17.2. The van der Waals surface area contributed by atoms with Gasteiger partial charge in [0.25, 0.3) is 0 Å². The summed E-state index contributed by atoms with van der Waals surface area (Å²) in [5.74, 6) is 0.809. The van der Waals surface area contributed by atoms with Crippen molar-refractivity contribution < 1.29 is 9.21 Å². The van der Waals surface area contributed by atoms with Crippen molar-refractivity contribution >= 4 is 17.0 Å².